The number of carbonyl (C=O) groups is 1. The number of methoxy groups -OCH3 is 1. The first-order chi connectivity index (χ1) is 11.4. The Morgan fingerprint density at radius 2 is 1.83 bits per heavy atom. The van der Waals surface area contributed by atoms with Crippen molar-refractivity contribution in [2.45, 2.75) is 25.9 Å². The topological polar surface area (TPSA) is 50.4 Å². The maximum absolute atomic E-state index is 12.4. The first kappa shape index (κ1) is 18.6. The van der Waals surface area contributed by atoms with Crippen molar-refractivity contribution in [3.05, 3.63) is 58.1 Å². The number of anilines is 1. The Hall–Kier alpha value is -1.75. The van der Waals surface area contributed by atoms with Gasteiger partial charge in [-0.3, -0.25) is 10.1 Å². The Morgan fingerprint density at radius 3 is 2.50 bits per heavy atom. The minimum atomic E-state index is -0.431. The maximum atomic E-state index is 12.4. The molecule has 0 aliphatic rings. The van der Waals surface area contributed by atoms with Gasteiger partial charge < -0.3 is 10.1 Å². The van der Waals surface area contributed by atoms with E-state index in [1.54, 1.807) is 32.2 Å². The van der Waals surface area contributed by atoms with Gasteiger partial charge in [0, 0.05) is 16.1 Å². The number of hydrogen-bond donors (Lipinski definition) is 2. The van der Waals surface area contributed by atoms with Crippen molar-refractivity contribution in [3.63, 3.8) is 0 Å². The monoisotopic (exact) mass is 366 g/mol. The van der Waals surface area contributed by atoms with Crippen LogP contribution in [-0.4, -0.2) is 19.1 Å². The van der Waals surface area contributed by atoms with Crippen LogP contribution in [0.3, 0.4) is 0 Å². The Morgan fingerprint density at radius 1 is 1.12 bits per heavy atom. The number of amides is 1. The highest BCUT2D eigenvalue weighted by Gasteiger charge is 2.19. The zero-order valence-electron chi connectivity index (χ0n) is 13.8. The van der Waals surface area contributed by atoms with Gasteiger partial charge in [0.05, 0.1) is 18.8 Å². The molecule has 4 nitrogen and oxygen atoms in total. The molecule has 24 heavy (non-hydrogen) atoms. The number of halogens is 2. The molecule has 0 saturated heterocycles. The lowest BCUT2D eigenvalue weighted by Gasteiger charge is -2.21. The molecule has 2 unspecified atom stereocenters. The number of rotatable bonds is 6. The number of benzene rings is 2. The largest absolute Gasteiger partial charge is 0.495 e. The number of hydrogen-bond acceptors (Lipinski definition) is 3. The highest BCUT2D eigenvalue weighted by atomic mass is 35.5. The van der Waals surface area contributed by atoms with Gasteiger partial charge in [-0.2, -0.15) is 0 Å². The van der Waals surface area contributed by atoms with E-state index >= 15 is 0 Å². The zero-order valence-corrected chi connectivity index (χ0v) is 15.3. The molecule has 128 valence electrons. The Bertz CT molecular complexity index is 722. The lowest BCUT2D eigenvalue weighted by Crippen LogP contribution is -2.39. The van der Waals surface area contributed by atoms with Gasteiger partial charge in [-0.05, 0) is 43.7 Å². The summed E-state index contributed by atoms with van der Waals surface area (Å²) in [7, 11) is 1.54. The lowest BCUT2D eigenvalue weighted by molar-refractivity contribution is -0.117. The summed E-state index contributed by atoms with van der Waals surface area (Å²) in [5.74, 6) is 0.369. The normalized spacial score (nSPS) is 13.2. The fourth-order valence-electron chi connectivity index (χ4n) is 2.39. The summed E-state index contributed by atoms with van der Waals surface area (Å²) in [5.41, 5.74) is 1.48. The fraction of sp³-hybridized carbons (Fsp3) is 0.278. The second kappa shape index (κ2) is 8.38. The van der Waals surface area contributed by atoms with E-state index in [1.165, 1.54) is 0 Å². The first-order valence-corrected chi connectivity index (χ1v) is 8.33. The molecule has 0 radical (unpaired) electrons. The van der Waals surface area contributed by atoms with Crippen LogP contribution in [0, 0.1) is 0 Å². The van der Waals surface area contributed by atoms with Gasteiger partial charge in [-0.15, -0.1) is 0 Å². The molecule has 0 fully saturated rings. The molecule has 0 aliphatic carbocycles. The smallest absolute Gasteiger partial charge is 0.241 e. The molecule has 0 aromatic heterocycles. The molecule has 0 spiro atoms. The van der Waals surface area contributed by atoms with Gasteiger partial charge in [-0.1, -0.05) is 41.4 Å². The third kappa shape index (κ3) is 4.63. The molecule has 2 aromatic rings. The minimum absolute atomic E-state index is 0.0688. The maximum Gasteiger partial charge on any atom is 0.241 e. The van der Waals surface area contributed by atoms with Crippen LogP contribution in [0.4, 0.5) is 5.69 Å². The van der Waals surface area contributed by atoms with E-state index in [-0.39, 0.29) is 11.9 Å². The molecule has 0 bridgehead atoms. The SMILES string of the molecule is COc1ccc(Cl)cc1NC(=O)C(C)NC(C)c1ccccc1Cl. The number of ether oxygens (including phenoxy) is 1. The molecule has 6 heteroatoms. The first-order valence-electron chi connectivity index (χ1n) is 7.57. The standard InChI is InChI=1S/C18H20Cl2N2O2/c1-11(14-6-4-5-7-15(14)20)21-12(2)18(23)22-16-10-13(19)8-9-17(16)24-3/h4-12,21H,1-3H3,(H,22,23). The quantitative estimate of drug-likeness (QED) is 0.780. The molecular weight excluding hydrogens is 347 g/mol. The van der Waals surface area contributed by atoms with Crippen LogP contribution in [0.15, 0.2) is 42.5 Å². The molecule has 2 aromatic carbocycles. The Kier molecular flexibility index (Phi) is 6.49. The van der Waals surface area contributed by atoms with Crippen molar-refractivity contribution >= 4 is 34.8 Å². The summed E-state index contributed by atoms with van der Waals surface area (Å²) >= 11 is 12.2. The average Bonchev–Trinajstić information content (AvgIpc) is 2.55. The molecule has 0 saturated carbocycles. The zero-order chi connectivity index (χ0) is 17.7. The molecule has 1 amide bonds. The predicted molar refractivity (Wildman–Crippen MR) is 99.1 cm³/mol. The van der Waals surface area contributed by atoms with Crippen LogP contribution in [0.2, 0.25) is 10.0 Å². The molecule has 2 rings (SSSR count). The average molecular weight is 367 g/mol. The van der Waals surface area contributed by atoms with Crippen molar-refractivity contribution in [2.75, 3.05) is 12.4 Å². The summed E-state index contributed by atoms with van der Waals surface area (Å²) in [6, 6.07) is 12.1. The van der Waals surface area contributed by atoms with Gasteiger partial charge in [0.25, 0.3) is 0 Å². The van der Waals surface area contributed by atoms with Crippen LogP contribution in [-0.2, 0) is 4.79 Å². The van der Waals surface area contributed by atoms with Crippen LogP contribution in [0.1, 0.15) is 25.5 Å². The van der Waals surface area contributed by atoms with Crippen LogP contribution in [0.25, 0.3) is 0 Å². The van der Waals surface area contributed by atoms with Gasteiger partial charge in [-0.25, -0.2) is 0 Å². The third-order valence-corrected chi connectivity index (χ3v) is 4.26. The third-order valence-electron chi connectivity index (χ3n) is 3.68. The second-order valence-electron chi connectivity index (χ2n) is 5.47. The van der Waals surface area contributed by atoms with E-state index < -0.39 is 6.04 Å². The van der Waals surface area contributed by atoms with E-state index in [0.717, 1.165) is 5.56 Å². The summed E-state index contributed by atoms with van der Waals surface area (Å²) in [5, 5.41) is 7.26. The van der Waals surface area contributed by atoms with E-state index in [9.17, 15) is 4.79 Å². The number of carbonyl (C=O) groups excluding carboxylic acids is 1. The summed E-state index contributed by atoms with van der Waals surface area (Å²) < 4.78 is 5.24. The molecular formula is C18H20Cl2N2O2. The van der Waals surface area contributed by atoms with E-state index in [0.29, 0.717) is 21.5 Å². The number of nitrogens with one attached hydrogen (secondary N) is 2. The van der Waals surface area contributed by atoms with Crippen molar-refractivity contribution in [2.24, 2.45) is 0 Å². The van der Waals surface area contributed by atoms with Gasteiger partial charge in [0.15, 0.2) is 0 Å². The second-order valence-corrected chi connectivity index (χ2v) is 6.31. The van der Waals surface area contributed by atoms with Crippen molar-refractivity contribution in [1.82, 2.24) is 5.32 Å². The Labute approximate surface area is 152 Å². The summed E-state index contributed by atoms with van der Waals surface area (Å²) in [4.78, 5) is 12.4. The van der Waals surface area contributed by atoms with Gasteiger partial charge in [0.1, 0.15) is 5.75 Å². The van der Waals surface area contributed by atoms with Crippen LogP contribution in [0.5, 0.6) is 5.75 Å². The highest BCUT2D eigenvalue weighted by molar-refractivity contribution is 6.31. The Balaban J connectivity index is 2.05. The van der Waals surface area contributed by atoms with E-state index in [4.69, 9.17) is 27.9 Å². The van der Waals surface area contributed by atoms with Crippen LogP contribution < -0.4 is 15.4 Å². The van der Waals surface area contributed by atoms with Gasteiger partial charge >= 0.3 is 0 Å². The van der Waals surface area contributed by atoms with Crippen molar-refractivity contribution in [1.29, 1.82) is 0 Å². The molecule has 2 atom stereocenters. The van der Waals surface area contributed by atoms with Crippen LogP contribution >= 0.6 is 23.2 Å². The molecule has 0 heterocycles. The summed E-state index contributed by atoms with van der Waals surface area (Å²) in [6.45, 7) is 3.75. The predicted octanol–water partition coefficient (Wildman–Crippen LogP) is 4.68. The molecule has 2 N–H and O–H groups in total. The van der Waals surface area contributed by atoms with Crippen molar-refractivity contribution < 1.29 is 9.53 Å². The van der Waals surface area contributed by atoms with E-state index in [2.05, 4.69) is 10.6 Å². The minimum Gasteiger partial charge on any atom is -0.495 e. The van der Waals surface area contributed by atoms with Crippen molar-refractivity contribution in [3.8, 4) is 5.75 Å². The lowest BCUT2D eigenvalue weighted by atomic mass is 10.1. The summed E-state index contributed by atoms with van der Waals surface area (Å²) in [6.07, 6.45) is 0. The van der Waals surface area contributed by atoms with Gasteiger partial charge in [0.2, 0.25) is 5.91 Å². The highest BCUT2D eigenvalue weighted by Crippen LogP contribution is 2.28. The van der Waals surface area contributed by atoms with E-state index in [1.807, 2.05) is 31.2 Å². The molecule has 0 aliphatic heterocycles. The fourth-order valence-corrected chi connectivity index (χ4v) is 2.86.